The van der Waals surface area contributed by atoms with Crippen molar-refractivity contribution >= 4 is 11.6 Å². The van der Waals surface area contributed by atoms with Gasteiger partial charge in [0, 0.05) is 41.8 Å². The second-order valence-electron chi connectivity index (χ2n) is 6.67. The van der Waals surface area contributed by atoms with Crippen molar-refractivity contribution in [2.75, 3.05) is 24.7 Å². The monoisotopic (exact) mass is 337 g/mol. The highest BCUT2D eigenvalue weighted by Crippen LogP contribution is 2.41. The largest absolute Gasteiger partial charge is 0.493 e. The Hall–Kier alpha value is -2.49. The van der Waals surface area contributed by atoms with E-state index < -0.39 is 0 Å². The van der Waals surface area contributed by atoms with Crippen molar-refractivity contribution in [3.05, 3.63) is 52.6 Å². The van der Waals surface area contributed by atoms with Crippen molar-refractivity contribution in [3.8, 4) is 11.5 Å². The quantitative estimate of drug-likeness (QED) is 0.858. The predicted molar refractivity (Wildman–Crippen MR) is 97.8 cm³/mol. The van der Waals surface area contributed by atoms with Crippen molar-refractivity contribution in [2.45, 2.75) is 33.1 Å². The van der Waals surface area contributed by atoms with Gasteiger partial charge in [-0.1, -0.05) is 12.1 Å². The summed E-state index contributed by atoms with van der Waals surface area (Å²) >= 11 is 0. The van der Waals surface area contributed by atoms with Crippen LogP contribution < -0.4 is 14.4 Å². The maximum Gasteiger partial charge on any atom is 0.231 e. The number of ether oxygens (including phenoxy) is 2. The van der Waals surface area contributed by atoms with Crippen LogP contribution in [0.3, 0.4) is 0 Å². The van der Waals surface area contributed by atoms with Crippen LogP contribution in [0.1, 0.15) is 29.2 Å². The number of likely N-dealkylation sites (N-methyl/N-ethyl adjacent to an activating group) is 1. The van der Waals surface area contributed by atoms with Crippen molar-refractivity contribution in [2.24, 2.45) is 0 Å². The Labute approximate surface area is 148 Å². The Balaban J connectivity index is 1.67. The molecule has 2 aliphatic heterocycles. The van der Waals surface area contributed by atoms with Crippen molar-refractivity contribution in [3.63, 3.8) is 0 Å². The Kier molecular flexibility index (Phi) is 4.12. The van der Waals surface area contributed by atoms with E-state index >= 15 is 0 Å². The van der Waals surface area contributed by atoms with Crippen molar-refractivity contribution in [1.29, 1.82) is 0 Å². The fraction of sp³-hybridized carbons (Fsp3) is 0.381. The molecule has 25 heavy (non-hydrogen) atoms. The van der Waals surface area contributed by atoms with E-state index in [1.807, 2.05) is 36.9 Å². The molecule has 0 bridgehead atoms. The first kappa shape index (κ1) is 16.0. The lowest BCUT2D eigenvalue weighted by molar-refractivity contribution is -0.118. The first-order chi connectivity index (χ1) is 12.2. The maximum atomic E-state index is 13.1. The average Bonchev–Trinajstić information content (AvgIpc) is 3.24. The predicted octanol–water partition coefficient (Wildman–Crippen LogP) is 3.46. The summed E-state index contributed by atoms with van der Waals surface area (Å²) < 4.78 is 11.6. The summed E-state index contributed by atoms with van der Waals surface area (Å²) in [4.78, 5) is 14.9. The van der Waals surface area contributed by atoms with Crippen molar-refractivity contribution < 1.29 is 14.3 Å². The second-order valence-corrected chi connectivity index (χ2v) is 6.67. The van der Waals surface area contributed by atoms with Crippen LogP contribution in [0.4, 0.5) is 5.69 Å². The number of carbonyl (C=O) groups is 1. The lowest BCUT2D eigenvalue weighted by Gasteiger charge is -2.23. The van der Waals surface area contributed by atoms with E-state index in [2.05, 4.69) is 12.1 Å². The van der Waals surface area contributed by atoms with Gasteiger partial charge in [0.1, 0.15) is 11.5 Å². The number of benzene rings is 2. The van der Waals surface area contributed by atoms with E-state index in [0.29, 0.717) is 26.2 Å². The molecule has 0 aliphatic carbocycles. The Morgan fingerprint density at radius 1 is 1.16 bits per heavy atom. The third-order valence-corrected chi connectivity index (χ3v) is 5.02. The average molecular weight is 337 g/mol. The van der Waals surface area contributed by atoms with Crippen LogP contribution in [0.5, 0.6) is 11.5 Å². The second kappa shape index (κ2) is 6.43. The van der Waals surface area contributed by atoms with Crippen LogP contribution >= 0.6 is 0 Å². The number of anilines is 1. The molecule has 0 N–H and O–H groups in total. The Morgan fingerprint density at radius 3 is 2.80 bits per heavy atom. The lowest BCUT2D eigenvalue weighted by atomic mass is 9.96. The minimum absolute atomic E-state index is 0.103. The van der Waals surface area contributed by atoms with E-state index in [4.69, 9.17) is 9.47 Å². The summed E-state index contributed by atoms with van der Waals surface area (Å²) in [5.41, 5.74) is 5.45. The molecule has 0 saturated carbocycles. The van der Waals surface area contributed by atoms with Crippen molar-refractivity contribution in [1.82, 2.24) is 0 Å². The SMILES string of the molecule is CCN(C(=O)Cc1c2c(cc3c1OCC3)OCC2)c1cccc(C)c1. The number of hydrogen-bond donors (Lipinski definition) is 0. The van der Waals surface area contributed by atoms with Crippen LogP contribution in [0.2, 0.25) is 0 Å². The van der Waals surface area contributed by atoms with Crippen LogP contribution in [-0.4, -0.2) is 25.7 Å². The fourth-order valence-electron chi connectivity index (χ4n) is 3.82. The summed E-state index contributed by atoms with van der Waals surface area (Å²) in [6, 6.07) is 10.2. The maximum absolute atomic E-state index is 13.1. The number of nitrogens with zero attached hydrogens (tertiary/aromatic N) is 1. The highest BCUT2D eigenvalue weighted by Gasteiger charge is 2.28. The summed E-state index contributed by atoms with van der Waals surface area (Å²) in [5.74, 6) is 1.95. The smallest absolute Gasteiger partial charge is 0.231 e. The van der Waals surface area contributed by atoms with Gasteiger partial charge in [0.15, 0.2) is 0 Å². The third-order valence-electron chi connectivity index (χ3n) is 5.02. The Morgan fingerprint density at radius 2 is 2.00 bits per heavy atom. The number of carbonyl (C=O) groups excluding carboxylic acids is 1. The summed E-state index contributed by atoms with van der Waals surface area (Å²) in [6.07, 6.45) is 2.10. The summed E-state index contributed by atoms with van der Waals surface area (Å²) in [6.45, 7) is 6.09. The normalized spacial score (nSPS) is 14.5. The first-order valence-electron chi connectivity index (χ1n) is 8.97. The first-order valence-corrected chi connectivity index (χ1v) is 8.97. The molecule has 0 aromatic heterocycles. The van der Waals surface area contributed by atoms with Gasteiger partial charge in [0.25, 0.3) is 0 Å². The molecule has 0 fully saturated rings. The molecule has 0 atom stereocenters. The molecule has 2 heterocycles. The van der Waals surface area contributed by atoms with Gasteiger partial charge in [-0.25, -0.2) is 0 Å². The molecule has 0 unspecified atom stereocenters. The van der Waals surface area contributed by atoms with Crippen LogP contribution in [0.25, 0.3) is 0 Å². The molecular formula is C21H23NO3. The molecule has 2 aliphatic rings. The summed E-state index contributed by atoms with van der Waals surface area (Å²) in [5, 5.41) is 0. The standard InChI is InChI=1S/C21H23NO3/c1-3-22(16-6-4-5-14(2)11-16)20(23)13-18-17-8-10-24-19(17)12-15-7-9-25-21(15)18/h4-6,11-12H,3,7-10,13H2,1-2H3. The van der Waals surface area contributed by atoms with Gasteiger partial charge in [0.05, 0.1) is 19.6 Å². The number of amides is 1. The lowest BCUT2D eigenvalue weighted by Crippen LogP contribution is -2.32. The zero-order valence-electron chi connectivity index (χ0n) is 14.8. The molecule has 0 radical (unpaired) electrons. The molecule has 4 heteroatoms. The molecule has 2 aromatic carbocycles. The van der Waals surface area contributed by atoms with Crippen LogP contribution in [0.15, 0.2) is 30.3 Å². The van der Waals surface area contributed by atoms with Gasteiger partial charge >= 0.3 is 0 Å². The summed E-state index contributed by atoms with van der Waals surface area (Å²) in [7, 11) is 0. The molecule has 4 rings (SSSR count). The number of fused-ring (bicyclic) bond motifs is 2. The fourth-order valence-corrected chi connectivity index (χ4v) is 3.82. The van der Waals surface area contributed by atoms with Gasteiger partial charge in [-0.15, -0.1) is 0 Å². The molecule has 1 amide bonds. The number of aryl methyl sites for hydroxylation is 1. The van der Waals surface area contributed by atoms with E-state index in [1.165, 1.54) is 5.56 Å². The molecule has 130 valence electrons. The highest BCUT2D eigenvalue weighted by atomic mass is 16.5. The van der Waals surface area contributed by atoms with E-state index in [0.717, 1.165) is 46.7 Å². The zero-order valence-corrected chi connectivity index (χ0v) is 14.8. The van der Waals surface area contributed by atoms with E-state index in [1.54, 1.807) is 0 Å². The third kappa shape index (κ3) is 2.86. The van der Waals surface area contributed by atoms with Gasteiger partial charge in [-0.05, 0) is 37.6 Å². The molecule has 0 saturated heterocycles. The van der Waals surface area contributed by atoms with Gasteiger partial charge in [-0.2, -0.15) is 0 Å². The molecule has 0 spiro atoms. The van der Waals surface area contributed by atoms with Gasteiger partial charge < -0.3 is 14.4 Å². The van der Waals surface area contributed by atoms with Crippen LogP contribution in [-0.2, 0) is 24.1 Å². The van der Waals surface area contributed by atoms with E-state index in [9.17, 15) is 4.79 Å². The molecule has 2 aromatic rings. The molecular weight excluding hydrogens is 314 g/mol. The minimum atomic E-state index is 0.103. The van der Waals surface area contributed by atoms with Gasteiger partial charge in [0.2, 0.25) is 5.91 Å². The number of rotatable bonds is 4. The highest BCUT2D eigenvalue weighted by molar-refractivity contribution is 5.95. The van der Waals surface area contributed by atoms with Gasteiger partial charge in [-0.3, -0.25) is 4.79 Å². The zero-order chi connectivity index (χ0) is 17.4. The van der Waals surface area contributed by atoms with Crippen LogP contribution in [0, 0.1) is 6.92 Å². The molecule has 4 nitrogen and oxygen atoms in total. The minimum Gasteiger partial charge on any atom is -0.493 e. The topological polar surface area (TPSA) is 38.8 Å². The number of hydrogen-bond acceptors (Lipinski definition) is 3. The van der Waals surface area contributed by atoms with E-state index in [-0.39, 0.29) is 5.91 Å². The Bertz CT molecular complexity index is 796.